The molecule has 2 N–H and O–H groups in total. The minimum absolute atomic E-state index is 0.00611. The van der Waals surface area contributed by atoms with Crippen molar-refractivity contribution >= 4 is 5.97 Å². The molecule has 0 aliphatic rings. The van der Waals surface area contributed by atoms with Crippen LogP contribution in [0, 0.1) is 11.7 Å². The highest BCUT2D eigenvalue weighted by Gasteiger charge is 2.16. The lowest BCUT2D eigenvalue weighted by Gasteiger charge is -2.08. The van der Waals surface area contributed by atoms with Crippen LogP contribution in [-0.4, -0.2) is 16.2 Å². The summed E-state index contributed by atoms with van der Waals surface area (Å²) in [5.41, 5.74) is 0.0578. The second kappa shape index (κ2) is 4.09. The Morgan fingerprint density at radius 1 is 1.57 bits per heavy atom. The maximum atomic E-state index is 13.1. The Bertz CT molecular complexity index is 329. The van der Waals surface area contributed by atoms with Gasteiger partial charge in [0.2, 0.25) is 0 Å². The van der Waals surface area contributed by atoms with Crippen LogP contribution >= 0.6 is 0 Å². The van der Waals surface area contributed by atoms with Gasteiger partial charge in [0.25, 0.3) is 0 Å². The van der Waals surface area contributed by atoms with E-state index < -0.39 is 17.7 Å². The first-order valence-electron chi connectivity index (χ1n) is 4.21. The molecule has 14 heavy (non-hydrogen) atoms. The summed E-state index contributed by atoms with van der Waals surface area (Å²) in [5, 5.41) is 17.9. The minimum Gasteiger partial charge on any atom is -0.508 e. The Kier molecular flexibility index (Phi) is 3.06. The first-order valence-corrected chi connectivity index (χ1v) is 4.21. The van der Waals surface area contributed by atoms with E-state index in [1.807, 2.05) is 0 Å². The highest BCUT2D eigenvalue weighted by Crippen LogP contribution is 2.22. The average molecular weight is 198 g/mol. The molecule has 0 saturated carbocycles. The van der Waals surface area contributed by atoms with Crippen molar-refractivity contribution in [2.24, 2.45) is 5.92 Å². The Hall–Kier alpha value is -1.58. The molecule has 1 atom stereocenters. The van der Waals surface area contributed by atoms with Crippen molar-refractivity contribution in [1.82, 2.24) is 0 Å². The van der Waals surface area contributed by atoms with Crippen molar-refractivity contribution in [3.8, 4) is 5.75 Å². The fraction of sp³-hybridized carbons (Fsp3) is 0.300. The molecule has 0 amide bonds. The number of halogens is 1. The van der Waals surface area contributed by atoms with Gasteiger partial charge in [-0.05, 0) is 18.6 Å². The fourth-order valence-corrected chi connectivity index (χ4v) is 1.14. The molecule has 4 heteroatoms. The van der Waals surface area contributed by atoms with Gasteiger partial charge in [0.05, 0.1) is 5.92 Å². The van der Waals surface area contributed by atoms with Crippen LogP contribution < -0.4 is 0 Å². The predicted octanol–water partition coefficient (Wildman–Crippen LogP) is 1.79. The number of rotatable bonds is 3. The van der Waals surface area contributed by atoms with Crippen molar-refractivity contribution in [1.29, 1.82) is 0 Å². The minimum atomic E-state index is -1.01. The van der Waals surface area contributed by atoms with Crippen LogP contribution in [-0.2, 0) is 11.2 Å². The van der Waals surface area contributed by atoms with Crippen molar-refractivity contribution in [2.75, 3.05) is 0 Å². The number of phenolic OH excluding ortho intramolecular Hbond substituents is 1. The molecule has 0 radical (unpaired) electrons. The van der Waals surface area contributed by atoms with E-state index in [1.54, 1.807) is 0 Å². The Morgan fingerprint density at radius 2 is 2.21 bits per heavy atom. The SMILES string of the molecule is CC(Cc1c(O)cccc1F)C(=O)O. The van der Waals surface area contributed by atoms with Crippen molar-refractivity contribution < 1.29 is 19.4 Å². The lowest BCUT2D eigenvalue weighted by Crippen LogP contribution is -2.13. The first kappa shape index (κ1) is 10.5. The molecule has 1 unspecified atom stereocenters. The van der Waals surface area contributed by atoms with Crippen LogP contribution in [0.15, 0.2) is 18.2 Å². The number of carboxylic acids is 1. The summed E-state index contributed by atoms with van der Waals surface area (Å²) in [4.78, 5) is 10.5. The van der Waals surface area contributed by atoms with E-state index in [0.29, 0.717) is 0 Å². The summed E-state index contributed by atoms with van der Waals surface area (Å²) in [6.45, 7) is 1.47. The van der Waals surface area contributed by atoms with Crippen molar-refractivity contribution in [3.63, 3.8) is 0 Å². The molecule has 0 saturated heterocycles. The normalized spacial score (nSPS) is 12.4. The number of carbonyl (C=O) groups is 1. The summed E-state index contributed by atoms with van der Waals surface area (Å²) in [6, 6.07) is 3.91. The second-order valence-electron chi connectivity index (χ2n) is 3.18. The smallest absolute Gasteiger partial charge is 0.306 e. The maximum Gasteiger partial charge on any atom is 0.306 e. The fourth-order valence-electron chi connectivity index (χ4n) is 1.14. The predicted molar refractivity (Wildman–Crippen MR) is 48.6 cm³/mol. The van der Waals surface area contributed by atoms with E-state index in [1.165, 1.54) is 25.1 Å². The Morgan fingerprint density at radius 3 is 2.71 bits per heavy atom. The Labute approximate surface area is 80.8 Å². The van der Waals surface area contributed by atoms with Crippen LogP contribution in [0.5, 0.6) is 5.75 Å². The van der Waals surface area contributed by atoms with Gasteiger partial charge >= 0.3 is 5.97 Å². The third kappa shape index (κ3) is 2.22. The van der Waals surface area contributed by atoms with E-state index in [4.69, 9.17) is 5.11 Å². The van der Waals surface area contributed by atoms with Gasteiger partial charge in [-0.25, -0.2) is 4.39 Å². The topological polar surface area (TPSA) is 57.5 Å². The largest absolute Gasteiger partial charge is 0.508 e. The quantitative estimate of drug-likeness (QED) is 0.778. The monoisotopic (exact) mass is 198 g/mol. The molecule has 1 aromatic rings. The molecule has 0 aliphatic heterocycles. The van der Waals surface area contributed by atoms with Crippen LogP contribution in [0.2, 0.25) is 0 Å². The van der Waals surface area contributed by atoms with Gasteiger partial charge in [0, 0.05) is 5.56 Å². The third-order valence-electron chi connectivity index (χ3n) is 2.03. The lowest BCUT2D eigenvalue weighted by molar-refractivity contribution is -0.141. The molecule has 1 rings (SSSR count). The van der Waals surface area contributed by atoms with Gasteiger partial charge in [-0.2, -0.15) is 0 Å². The number of carboxylic acid groups (broad SMARTS) is 1. The molecule has 0 heterocycles. The number of aliphatic carboxylic acids is 1. The van der Waals surface area contributed by atoms with Gasteiger partial charge in [0.1, 0.15) is 11.6 Å². The standard InChI is InChI=1S/C10H11FO3/c1-6(10(13)14)5-7-8(11)3-2-4-9(7)12/h2-4,6,12H,5H2,1H3,(H,13,14). The van der Waals surface area contributed by atoms with E-state index in [-0.39, 0.29) is 17.7 Å². The van der Waals surface area contributed by atoms with Gasteiger partial charge in [-0.1, -0.05) is 13.0 Å². The zero-order valence-electron chi connectivity index (χ0n) is 7.70. The van der Waals surface area contributed by atoms with Gasteiger partial charge in [0.15, 0.2) is 0 Å². The highest BCUT2D eigenvalue weighted by molar-refractivity contribution is 5.70. The van der Waals surface area contributed by atoms with Crippen LogP contribution in [0.3, 0.4) is 0 Å². The molecule has 0 bridgehead atoms. The van der Waals surface area contributed by atoms with Gasteiger partial charge in [-0.3, -0.25) is 4.79 Å². The third-order valence-corrected chi connectivity index (χ3v) is 2.03. The summed E-state index contributed by atoms with van der Waals surface area (Å²) >= 11 is 0. The zero-order chi connectivity index (χ0) is 10.7. The summed E-state index contributed by atoms with van der Waals surface area (Å²) < 4.78 is 13.1. The van der Waals surface area contributed by atoms with E-state index in [0.717, 1.165) is 0 Å². The van der Waals surface area contributed by atoms with E-state index in [2.05, 4.69) is 0 Å². The molecule has 0 aliphatic carbocycles. The first-order chi connectivity index (χ1) is 6.52. The zero-order valence-corrected chi connectivity index (χ0v) is 7.70. The molecule has 1 aromatic carbocycles. The van der Waals surface area contributed by atoms with Crippen LogP contribution in [0.4, 0.5) is 4.39 Å². The molecule has 3 nitrogen and oxygen atoms in total. The number of benzene rings is 1. The molecular weight excluding hydrogens is 187 g/mol. The van der Waals surface area contributed by atoms with Gasteiger partial charge < -0.3 is 10.2 Å². The highest BCUT2D eigenvalue weighted by atomic mass is 19.1. The van der Waals surface area contributed by atoms with E-state index >= 15 is 0 Å². The number of phenols is 1. The second-order valence-corrected chi connectivity index (χ2v) is 3.18. The molecule has 0 spiro atoms. The van der Waals surface area contributed by atoms with Crippen molar-refractivity contribution in [2.45, 2.75) is 13.3 Å². The molecule has 0 fully saturated rings. The number of hydrogen-bond donors (Lipinski definition) is 2. The Balaban J connectivity index is 2.91. The van der Waals surface area contributed by atoms with Crippen LogP contribution in [0.1, 0.15) is 12.5 Å². The summed E-state index contributed by atoms with van der Waals surface area (Å²) in [5.74, 6) is -2.48. The summed E-state index contributed by atoms with van der Waals surface area (Å²) in [7, 11) is 0. The average Bonchev–Trinajstić information content (AvgIpc) is 2.11. The van der Waals surface area contributed by atoms with Crippen LogP contribution in [0.25, 0.3) is 0 Å². The molecular formula is C10H11FO3. The van der Waals surface area contributed by atoms with E-state index in [9.17, 15) is 14.3 Å². The van der Waals surface area contributed by atoms with Crippen molar-refractivity contribution in [3.05, 3.63) is 29.6 Å². The molecule has 0 aromatic heterocycles. The van der Waals surface area contributed by atoms with Gasteiger partial charge in [-0.15, -0.1) is 0 Å². The lowest BCUT2D eigenvalue weighted by atomic mass is 10.0. The summed E-state index contributed by atoms with van der Waals surface area (Å²) in [6.07, 6.45) is -0.00611. The maximum absolute atomic E-state index is 13.1. The molecule has 76 valence electrons. The number of hydrogen-bond acceptors (Lipinski definition) is 2. The number of aromatic hydroxyl groups is 1.